The summed E-state index contributed by atoms with van der Waals surface area (Å²) in [5, 5.41) is 16.1. The summed E-state index contributed by atoms with van der Waals surface area (Å²) in [5.74, 6) is 0.694. The van der Waals surface area contributed by atoms with Gasteiger partial charge >= 0.3 is 0 Å². The Kier molecular flexibility index (Phi) is 5.00. The van der Waals surface area contributed by atoms with E-state index in [-0.39, 0.29) is 0 Å². The monoisotopic (exact) mass is 316 g/mol. The van der Waals surface area contributed by atoms with E-state index in [1.807, 2.05) is 42.6 Å². The average molecular weight is 316 g/mol. The van der Waals surface area contributed by atoms with Gasteiger partial charge in [-0.3, -0.25) is 10.3 Å². The Bertz CT molecular complexity index is 764. The molecule has 3 aromatic rings. The Hall–Kier alpha value is -3.39. The summed E-state index contributed by atoms with van der Waals surface area (Å²) in [5.41, 5.74) is 3.59. The first-order valence-corrected chi connectivity index (χ1v) is 7.72. The molecular formula is C19H18N5+. The summed E-state index contributed by atoms with van der Waals surface area (Å²) in [6.07, 6.45) is 5.36. The van der Waals surface area contributed by atoms with Crippen LogP contribution in [0.2, 0.25) is 0 Å². The standard InChI is InChI=1S/C19H17N5/c20-11-17-18(23-13-15-5-2-1-3-6-15)8-10-22-19(17)24-14-16-7-4-9-21-12-16/h1-10,12H,13-14H2,(H2,22,23,24)/p+1. The van der Waals surface area contributed by atoms with E-state index < -0.39 is 0 Å². The molecular weight excluding hydrogens is 298 g/mol. The number of benzene rings is 1. The lowest BCUT2D eigenvalue weighted by Gasteiger charge is -2.09. The fraction of sp³-hybridized carbons (Fsp3) is 0.105. The summed E-state index contributed by atoms with van der Waals surface area (Å²) in [7, 11) is 0. The van der Waals surface area contributed by atoms with E-state index in [1.54, 1.807) is 12.4 Å². The Morgan fingerprint density at radius 2 is 1.75 bits per heavy atom. The number of nitrogens with zero attached hydrogens (tertiary/aromatic N) is 2. The van der Waals surface area contributed by atoms with E-state index >= 15 is 0 Å². The third-order valence-corrected chi connectivity index (χ3v) is 3.63. The fourth-order valence-electron chi connectivity index (χ4n) is 2.39. The number of aromatic amines is 1. The molecule has 3 rings (SSSR count). The van der Waals surface area contributed by atoms with Gasteiger partial charge in [-0.15, -0.1) is 0 Å². The smallest absolute Gasteiger partial charge is 0.292 e. The van der Waals surface area contributed by atoms with Crippen LogP contribution in [0.15, 0.2) is 67.1 Å². The van der Waals surface area contributed by atoms with E-state index in [0.717, 1.165) is 11.3 Å². The lowest BCUT2D eigenvalue weighted by atomic mass is 10.2. The van der Waals surface area contributed by atoms with Crippen LogP contribution < -0.4 is 15.6 Å². The third-order valence-electron chi connectivity index (χ3n) is 3.63. The molecule has 24 heavy (non-hydrogen) atoms. The lowest BCUT2D eigenvalue weighted by molar-refractivity contribution is -0.361. The van der Waals surface area contributed by atoms with Gasteiger partial charge in [0.1, 0.15) is 12.6 Å². The highest BCUT2D eigenvalue weighted by molar-refractivity contribution is 5.65. The summed E-state index contributed by atoms with van der Waals surface area (Å²) >= 11 is 0. The molecule has 118 valence electrons. The van der Waals surface area contributed by atoms with E-state index in [9.17, 15) is 5.26 Å². The van der Waals surface area contributed by atoms with Gasteiger partial charge in [-0.2, -0.15) is 5.26 Å². The van der Waals surface area contributed by atoms with E-state index in [0.29, 0.717) is 24.5 Å². The van der Waals surface area contributed by atoms with Crippen LogP contribution in [0.3, 0.4) is 0 Å². The van der Waals surface area contributed by atoms with Crippen molar-refractivity contribution in [2.45, 2.75) is 13.1 Å². The third kappa shape index (κ3) is 3.87. The maximum Gasteiger partial charge on any atom is 0.292 e. The van der Waals surface area contributed by atoms with Crippen molar-refractivity contribution in [1.82, 2.24) is 4.98 Å². The first-order chi connectivity index (χ1) is 11.9. The Morgan fingerprint density at radius 1 is 0.958 bits per heavy atom. The molecule has 0 saturated carbocycles. The molecule has 3 N–H and O–H groups in total. The van der Waals surface area contributed by atoms with Crippen LogP contribution in [0.25, 0.3) is 0 Å². The van der Waals surface area contributed by atoms with Crippen molar-refractivity contribution < 1.29 is 4.98 Å². The van der Waals surface area contributed by atoms with Crippen LogP contribution in [0.5, 0.6) is 0 Å². The van der Waals surface area contributed by atoms with Crippen LogP contribution in [0, 0.1) is 11.3 Å². The quantitative estimate of drug-likeness (QED) is 0.733. The average Bonchev–Trinajstić information content (AvgIpc) is 2.66. The SMILES string of the molecule is N#Cc1c(NCc2ccccc2)cc[nH+]c1NCc1cccnc1. The molecule has 0 fully saturated rings. The second-order valence-corrected chi connectivity index (χ2v) is 5.31. The van der Waals surface area contributed by atoms with Gasteiger partial charge in [-0.1, -0.05) is 36.4 Å². The van der Waals surface area contributed by atoms with Gasteiger partial charge in [0.25, 0.3) is 5.82 Å². The molecule has 0 bridgehead atoms. The van der Waals surface area contributed by atoms with Gasteiger partial charge in [0, 0.05) is 30.6 Å². The molecule has 0 spiro atoms. The maximum atomic E-state index is 9.53. The molecule has 0 aliphatic heterocycles. The topological polar surface area (TPSA) is 74.9 Å². The molecule has 0 amide bonds. The Morgan fingerprint density at radius 3 is 2.50 bits per heavy atom. The molecule has 5 heteroatoms. The van der Waals surface area contributed by atoms with Crippen LogP contribution in [0.1, 0.15) is 16.7 Å². The molecule has 1 aromatic carbocycles. The summed E-state index contributed by atoms with van der Waals surface area (Å²) in [6, 6.07) is 18.1. The predicted octanol–water partition coefficient (Wildman–Crippen LogP) is 2.99. The second kappa shape index (κ2) is 7.75. The van der Waals surface area contributed by atoms with Crippen LogP contribution in [0.4, 0.5) is 11.5 Å². The van der Waals surface area contributed by atoms with Crippen LogP contribution in [-0.4, -0.2) is 4.98 Å². The minimum Gasteiger partial charge on any atom is -0.380 e. The molecule has 5 nitrogen and oxygen atoms in total. The summed E-state index contributed by atoms with van der Waals surface area (Å²) in [4.78, 5) is 7.20. The van der Waals surface area contributed by atoms with Gasteiger partial charge < -0.3 is 5.32 Å². The Balaban J connectivity index is 1.72. The van der Waals surface area contributed by atoms with Crippen molar-refractivity contribution in [3.8, 4) is 6.07 Å². The highest BCUT2D eigenvalue weighted by Gasteiger charge is 2.14. The number of rotatable bonds is 6. The number of nitrogens with one attached hydrogen (secondary N) is 3. The van der Waals surface area contributed by atoms with Crippen molar-refractivity contribution in [1.29, 1.82) is 5.26 Å². The molecule has 0 saturated heterocycles. The molecule has 0 aliphatic carbocycles. The zero-order valence-corrected chi connectivity index (χ0v) is 13.2. The highest BCUT2D eigenvalue weighted by atomic mass is 15.0. The van der Waals surface area contributed by atoms with Crippen molar-refractivity contribution in [3.63, 3.8) is 0 Å². The molecule has 0 unspecified atom stereocenters. The normalized spacial score (nSPS) is 9.96. The molecule has 2 heterocycles. The molecule has 0 aliphatic rings. The predicted molar refractivity (Wildman–Crippen MR) is 93.0 cm³/mol. The first kappa shape index (κ1) is 15.5. The highest BCUT2D eigenvalue weighted by Crippen LogP contribution is 2.20. The van der Waals surface area contributed by atoms with Crippen LogP contribution in [-0.2, 0) is 13.1 Å². The largest absolute Gasteiger partial charge is 0.380 e. The minimum atomic E-state index is 0.567. The van der Waals surface area contributed by atoms with Gasteiger partial charge in [-0.05, 0) is 11.6 Å². The lowest BCUT2D eigenvalue weighted by Crippen LogP contribution is -2.16. The zero-order chi connectivity index (χ0) is 16.6. The van der Waals surface area contributed by atoms with Gasteiger partial charge in [0.05, 0.1) is 11.9 Å². The van der Waals surface area contributed by atoms with Crippen molar-refractivity contribution in [3.05, 3.63) is 83.8 Å². The van der Waals surface area contributed by atoms with Crippen molar-refractivity contribution in [2.24, 2.45) is 0 Å². The van der Waals surface area contributed by atoms with Crippen LogP contribution >= 0.6 is 0 Å². The second-order valence-electron chi connectivity index (χ2n) is 5.31. The number of hydrogen-bond donors (Lipinski definition) is 2. The van der Waals surface area contributed by atoms with Gasteiger partial charge in [-0.25, -0.2) is 4.98 Å². The van der Waals surface area contributed by atoms with E-state index in [1.165, 1.54) is 5.56 Å². The number of hydrogen-bond acceptors (Lipinski definition) is 4. The van der Waals surface area contributed by atoms with Gasteiger partial charge in [0.2, 0.25) is 0 Å². The molecule has 2 aromatic heterocycles. The number of aromatic nitrogens is 2. The number of H-pyrrole nitrogens is 1. The summed E-state index contributed by atoms with van der Waals surface area (Å²) < 4.78 is 0. The van der Waals surface area contributed by atoms with E-state index in [2.05, 4.69) is 38.8 Å². The fourth-order valence-corrected chi connectivity index (χ4v) is 2.39. The van der Waals surface area contributed by atoms with Crippen molar-refractivity contribution >= 4 is 11.5 Å². The van der Waals surface area contributed by atoms with Crippen molar-refractivity contribution in [2.75, 3.05) is 10.6 Å². The maximum absolute atomic E-state index is 9.53. The number of nitriles is 1. The van der Waals surface area contributed by atoms with E-state index in [4.69, 9.17) is 0 Å². The molecule has 0 atom stereocenters. The van der Waals surface area contributed by atoms with Gasteiger partial charge in [0.15, 0.2) is 5.56 Å². The number of pyridine rings is 2. The minimum absolute atomic E-state index is 0.567. The Labute approximate surface area is 141 Å². The first-order valence-electron chi connectivity index (χ1n) is 7.72. The molecule has 0 radical (unpaired) electrons. The zero-order valence-electron chi connectivity index (χ0n) is 13.2. The number of anilines is 2. The summed E-state index contributed by atoms with van der Waals surface area (Å²) in [6.45, 7) is 1.27.